The van der Waals surface area contributed by atoms with Crippen LogP contribution in [0.1, 0.15) is 36.4 Å². The number of amides is 1. The van der Waals surface area contributed by atoms with E-state index in [4.69, 9.17) is 10.5 Å². The standard InChI is InChI=1S/C20H28F3N3O2.2ClH/c21-20(22,23)16-6-4-14(5-7-16)18(26-8-10-28-11-9-26)13-25-19(27)17-3-1-2-15(17)12-24;;/h4-7,15,17-18H,1-3,8-13,24H2,(H,25,27);2*1H/t15-,17-,18?;;/m1../s1. The van der Waals surface area contributed by atoms with Gasteiger partial charge in [-0.3, -0.25) is 9.69 Å². The van der Waals surface area contributed by atoms with Crippen LogP contribution in [0.15, 0.2) is 24.3 Å². The van der Waals surface area contributed by atoms with Crippen LogP contribution in [0.3, 0.4) is 0 Å². The van der Waals surface area contributed by atoms with Crippen LogP contribution in [-0.4, -0.2) is 50.2 Å². The Morgan fingerprint density at radius 2 is 1.80 bits per heavy atom. The molecule has 3 N–H and O–H groups in total. The van der Waals surface area contributed by atoms with Crippen molar-refractivity contribution in [2.75, 3.05) is 39.4 Å². The number of carbonyl (C=O) groups is 1. The lowest BCUT2D eigenvalue weighted by atomic mass is 9.95. The third-order valence-electron chi connectivity index (χ3n) is 5.88. The van der Waals surface area contributed by atoms with Crippen LogP contribution in [-0.2, 0) is 15.7 Å². The van der Waals surface area contributed by atoms with Crippen molar-refractivity contribution in [1.82, 2.24) is 10.2 Å². The molecule has 10 heteroatoms. The summed E-state index contributed by atoms with van der Waals surface area (Å²) in [6, 6.07) is 5.03. The predicted octanol–water partition coefficient (Wildman–Crippen LogP) is 3.41. The zero-order valence-electron chi connectivity index (χ0n) is 16.7. The number of nitrogens with one attached hydrogen (secondary N) is 1. The van der Waals surface area contributed by atoms with Crippen LogP contribution in [0, 0.1) is 11.8 Å². The largest absolute Gasteiger partial charge is 0.416 e. The van der Waals surface area contributed by atoms with Gasteiger partial charge in [0.15, 0.2) is 0 Å². The Morgan fingerprint density at radius 1 is 1.17 bits per heavy atom. The smallest absolute Gasteiger partial charge is 0.379 e. The second-order valence-corrected chi connectivity index (χ2v) is 7.56. The Labute approximate surface area is 187 Å². The molecule has 1 heterocycles. The van der Waals surface area contributed by atoms with E-state index in [1.54, 1.807) is 0 Å². The number of hydrogen-bond acceptors (Lipinski definition) is 4. The molecule has 1 saturated carbocycles. The van der Waals surface area contributed by atoms with Gasteiger partial charge in [0.2, 0.25) is 5.91 Å². The number of alkyl halides is 3. The molecule has 0 aromatic heterocycles. The number of rotatable bonds is 6. The fourth-order valence-corrected chi connectivity index (χ4v) is 4.23. The lowest BCUT2D eigenvalue weighted by molar-refractivity contribution is -0.137. The number of nitrogens with zero attached hydrogens (tertiary/aromatic N) is 1. The van der Waals surface area contributed by atoms with Gasteiger partial charge >= 0.3 is 6.18 Å². The molecule has 0 radical (unpaired) electrons. The van der Waals surface area contributed by atoms with E-state index in [1.807, 2.05) is 0 Å². The van der Waals surface area contributed by atoms with Crippen molar-refractivity contribution in [2.45, 2.75) is 31.5 Å². The molecule has 2 fully saturated rings. The first-order valence-electron chi connectivity index (χ1n) is 9.87. The van der Waals surface area contributed by atoms with E-state index < -0.39 is 11.7 Å². The van der Waals surface area contributed by atoms with Crippen LogP contribution < -0.4 is 11.1 Å². The molecule has 3 rings (SSSR count). The molecule has 1 amide bonds. The Bertz CT molecular complexity index is 656. The number of benzene rings is 1. The zero-order chi connectivity index (χ0) is 20.1. The molecule has 1 unspecified atom stereocenters. The molecule has 1 aliphatic heterocycles. The van der Waals surface area contributed by atoms with Gasteiger partial charge in [-0.25, -0.2) is 0 Å². The van der Waals surface area contributed by atoms with E-state index in [-0.39, 0.29) is 48.6 Å². The summed E-state index contributed by atoms with van der Waals surface area (Å²) in [7, 11) is 0. The molecule has 1 aromatic rings. The van der Waals surface area contributed by atoms with Gasteiger partial charge in [0.05, 0.1) is 24.8 Å². The normalized spacial score (nSPS) is 23.2. The summed E-state index contributed by atoms with van der Waals surface area (Å²) < 4.78 is 44.0. The van der Waals surface area contributed by atoms with E-state index in [2.05, 4.69) is 10.2 Å². The minimum absolute atomic E-state index is 0. The van der Waals surface area contributed by atoms with Gasteiger partial charge in [-0.1, -0.05) is 18.6 Å². The van der Waals surface area contributed by atoms with Crippen LogP contribution in [0.25, 0.3) is 0 Å². The highest BCUT2D eigenvalue weighted by Gasteiger charge is 2.33. The third-order valence-corrected chi connectivity index (χ3v) is 5.88. The van der Waals surface area contributed by atoms with Gasteiger partial charge in [0.25, 0.3) is 0 Å². The van der Waals surface area contributed by atoms with Crippen LogP contribution in [0.5, 0.6) is 0 Å². The zero-order valence-corrected chi connectivity index (χ0v) is 18.3. The summed E-state index contributed by atoms with van der Waals surface area (Å²) in [6.07, 6.45) is -1.54. The van der Waals surface area contributed by atoms with Crippen molar-refractivity contribution in [2.24, 2.45) is 17.6 Å². The monoisotopic (exact) mass is 471 g/mol. The van der Waals surface area contributed by atoms with Gasteiger partial charge in [0, 0.05) is 25.6 Å². The number of hydrogen-bond donors (Lipinski definition) is 2. The summed E-state index contributed by atoms with van der Waals surface area (Å²) in [6.45, 7) is 3.36. The molecule has 1 saturated heterocycles. The van der Waals surface area contributed by atoms with Crippen LogP contribution >= 0.6 is 24.8 Å². The highest BCUT2D eigenvalue weighted by atomic mass is 35.5. The van der Waals surface area contributed by atoms with Crippen molar-refractivity contribution < 1.29 is 22.7 Å². The highest BCUT2D eigenvalue weighted by Crippen LogP contribution is 2.32. The van der Waals surface area contributed by atoms with E-state index >= 15 is 0 Å². The van der Waals surface area contributed by atoms with E-state index in [9.17, 15) is 18.0 Å². The van der Waals surface area contributed by atoms with Crippen molar-refractivity contribution in [3.63, 3.8) is 0 Å². The predicted molar refractivity (Wildman–Crippen MR) is 114 cm³/mol. The van der Waals surface area contributed by atoms with E-state index in [1.165, 1.54) is 12.1 Å². The van der Waals surface area contributed by atoms with Crippen LogP contribution in [0.2, 0.25) is 0 Å². The molecule has 2 aliphatic rings. The minimum atomic E-state index is -4.36. The molecule has 1 aliphatic carbocycles. The number of ether oxygens (including phenoxy) is 1. The second-order valence-electron chi connectivity index (χ2n) is 7.56. The molecule has 1 aromatic carbocycles. The summed E-state index contributed by atoms with van der Waals surface area (Å²) in [5, 5.41) is 3.03. The Morgan fingerprint density at radius 3 is 2.37 bits per heavy atom. The van der Waals surface area contributed by atoms with E-state index in [0.29, 0.717) is 39.4 Å². The Kier molecular flexibility index (Phi) is 10.9. The van der Waals surface area contributed by atoms with Gasteiger partial charge in [-0.15, -0.1) is 24.8 Å². The van der Waals surface area contributed by atoms with Gasteiger partial charge in [-0.05, 0) is 43.0 Å². The fraction of sp³-hybridized carbons (Fsp3) is 0.650. The quantitative estimate of drug-likeness (QED) is 0.666. The average molecular weight is 472 g/mol. The summed E-state index contributed by atoms with van der Waals surface area (Å²) in [4.78, 5) is 14.8. The van der Waals surface area contributed by atoms with Crippen molar-refractivity contribution in [3.8, 4) is 0 Å². The molecule has 172 valence electrons. The van der Waals surface area contributed by atoms with Crippen molar-refractivity contribution in [3.05, 3.63) is 35.4 Å². The molecular weight excluding hydrogens is 442 g/mol. The first-order valence-corrected chi connectivity index (χ1v) is 9.87. The maximum Gasteiger partial charge on any atom is 0.416 e. The SMILES string of the molecule is Cl.Cl.NC[C@H]1CCC[C@H]1C(=O)NCC(c1ccc(C(F)(F)F)cc1)N1CCOCC1. The third kappa shape index (κ3) is 6.72. The number of halogens is 5. The topological polar surface area (TPSA) is 67.6 Å². The van der Waals surface area contributed by atoms with Crippen molar-refractivity contribution in [1.29, 1.82) is 0 Å². The van der Waals surface area contributed by atoms with E-state index in [0.717, 1.165) is 37.0 Å². The summed E-state index contributed by atoms with van der Waals surface area (Å²) in [5.74, 6) is 0.147. The second kappa shape index (κ2) is 12.1. The Hall–Kier alpha value is -1.06. The molecular formula is C20H30Cl2F3N3O2. The maximum absolute atomic E-state index is 12.9. The van der Waals surface area contributed by atoms with Crippen molar-refractivity contribution >= 4 is 30.7 Å². The lowest BCUT2D eigenvalue weighted by Gasteiger charge is -2.35. The maximum atomic E-state index is 12.9. The number of morpholine rings is 1. The minimum Gasteiger partial charge on any atom is -0.379 e. The Balaban J connectivity index is 0.00000225. The summed E-state index contributed by atoms with van der Waals surface area (Å²) in [5.41, 5.74) is 5.87. The fourth-order valence-electron chi connectivity index (χ4n) is 4.23. The van der Waals surface area contributed by atoms with Gasteiger partial charge in [-0.2, -0.15) is 13.2 Å². The van der Waals surface area contributed by atoms with Gasteiger partial charge in [0.1, 0.15) is 0 Å². The molecule has 3 atom stereocenters. The van der Waals surface area contributed by atoms with Crippen LogP contribution in [0.4, 0.5) is 13.2 Å². The summed E-state index contributed by atoms with van der Waals surface area (Å²) >= 11 is 0. The average Bonchev–Trinajstić information content (AvgIpc) is 3.17. The number of nitrogens with two attached hydrogens (primary N) is 1. The first-order chi connectivity index (χ1) is 13.4. The molecule has 30 heavy (non-hydrogen) atoms. The highest BCUT2D eigenvalue weighted by molar-refractivity contribution is 5.85. The number of carbonyl (C=O) groups excluding carboxylic acids is 1. The molecule has 0 spiro atoms. The first kappa shape index (κ1) is 27.0. The van der Waals surface area contributed by atoms with Gasteiger partial charge < -0.3 is 15.8 Å². The molecule has 0 bridgehead atoms. The molecule has 5 nitrogen and oxygen atoms in total. The lowest BCUT2D eigenvalue weighted by Crippen LogP contribution is -2.45.